The minimum atomic E-state index is -1.59. The molecule has 0 aromatic heterocycles. The molecule has 4 rings (SSSR count). The SMILES string of the molecule is COc1cc(C2[OH+]c3cc(O)cc(O)c3C=C2O[C@H]2OC[C@H](O)[C@H](O)[C@H]2O)cc(O)c1O. The zero-order valence-corrected chi connectivity index (χ0v) is 16.8. The molecular formula is C21H23O11+. The molecule has 0 spiro atoms. The van der Waals surface area contributed by atoms with Gasteiger partial charge in [-0.25, -0.2) is 0 Å². The first-order valence-corrected chi connectivity index (χ1v) is 9.60. The van der Waals surface area contributed by atoms with Crippen molar-refractivity contribution >= 4 is 6.08 Å². The summed E-state index contributed by atoms with van der Waals surface area (Å²) in [7, 11) is 1.30. The number of benzene rings is 2. The van der Waals surface area contributed by atoms with Crippen molar-refractivity contribution in [3.05, 3.63) is 41.2 Å². The van der Waals surface area contributed by atoms with Gasteiger partial charge < -0.3 is 54.7 Å². The Morgan fingerprint density at radius 2 is 1.72 bits per heavy atom. The monoisotopic (exact) mass is 451 g/mol. The highest BCUT2D eigenvalue weighted by Crippen LogP contribution is 2.47. The van der Waals surface area contributed by atoms with Crippen molar-refractivity contribution in [2.75, 3.05) is 13.7 Å². The smallest absolute Gasteiger partial charge is 0.270 e. The molecule has 2 aliphatic heterocycles. The molecule has 1 fully saturated rings. The predicted molar refractivity (Wildman–Crippen MR) is 107 cm³/mol. The molecule has 11 heteroatoms. The van der Waals surface area contributed by atoms with Crippen LogP contribution in [0.1, 0.15) is 17.2 Å². The second-order valence-corrected chi connectivity index (χ2v) is 7.44. The van der Waals surface area contributed by atoms with Crippen LogP contribution in [0.15, 0.2) is 30.0 Å². The quantitative estimate of drug-likeness (QED) is 0.252. The van der Waals surface area contributed by atoms with Crippen molar-refractivity contribution < 1.29 is 54.7 Å². The molecule has 2 aromatic rings. The highest BCUT2D eigenvalue weighted by molar-refractivity contribution is 5.69. The number of aliphatic hydroxyl groups is 4. The first-order chi connectivity index (χ1) is 15.2. The molecule has 11 nitrogen and oxygen atoms in total. The number of hydrogen-bond acceptors (Lipinski definition) is 10. The molecule has 0 aliphatic carbocycles. The van der Waals surface area contributed by atoms with Crippen LogP contribution < -0.4 is 4.74 Å². The van der Waals surface area contributed by atoms with Gasteiger partial charge in [-0.2, -0.15) is 0 Å². The second-order valence-electron chi connectivity index (χ2n) is 7.44. The van der Waals surface area contributed by atoms with E-state index in [0.717, 1.165) is 6.07 Å². The zero-order valence-electron chi connectivity index (χ0n) is 16.8. The Morgan fingerprint density at radius 1 is 0.969 bits per heavy atom. The minimum absolute atomic E-state index is 0.0356. The van der Waals surface area contributed by atoms with E-state index in [0.29, 0.717) is 5.56 Å². The maximum absolute atomic E-state index is 10.3. The lowest BCUT2D eigenvalue weighted by molar-refractivity contribution is -0.263. The summed E-state index contributed by atoms with van der Waals surface area (Å²) in [5.74, 6) is -1.23. The van der Waals surface area contributed by atoms with E-state index in [4.69, 9.17) is 14.2 Å². The third-order valence-corrected chi connectivity index (χ3v) is 5.26. The summed E-state index contributed by atoms with van der Waals surface area (Å²) in [6, 6.07) is 5.07. The number of ether oxygens (including phenoxy) is 4. The molecule has 2 aromatic carbocycles. The summed E-state index contributed by atoms with van der Waals surface area (Å²) in [5.41, 5.74) is 0.526. The minimum Gasteiger partial charge on any atom is -0.571 e. The number of hydrogen-bond donors (Lipinski definition) is 7. The van der Waals surface area contributed by atoms with Crippen LogP contribution in [0.25, 0.3) is 6.08 Å². The van der Waals surface area contributed by atoms with Crippen molar-refractivity contribution in [1.82, 2.24) is 0 Å². The van der Waals surface area contributed by atoms with Gasteiger partial charge >= 0.3 is 0 Å². The second kappa shape index (κ2) is 8.28. The van der Waals surface area contributed by atoms with E-state index in [1.807, 2.05) is 0 Å². The number of rotatable bonds is 4. The molecule has 1 saturated heterocycles. The maximum atomic E-state index is 10.3. The van der Waals surface area contributed by atoms with Crippen molar-refractivity contribution in [2.24, 2.45) is 0 Å². The summed E-state index contributed by atoms with van der Waals surface area (Å²) in [6.45, 7) is -0.290. The Morgan fingerprint density at radius 3 is 2.44 bits per heavy atom. The van der Waals surface area contributed by atoms with Crippen molar-refractivity contribution in [2.45, 2.75) is 30.7 Å². The fraction of sp³-hybridized carbons (Fsp3) is 0.333. The van der Waals surface area contributed by atoms with E-state index in [-0.39, 0.29) is 40.9 Å². The molecule has 5 atom stereocenters. The van der Waals surface area contributed by atoms with Gasteiger partial charge in [0.1, 0.15) is 35.4 Å². The number of aliphatic hydroxyl groups excluding tert-OH is 3. The number of fused-ring (bicyclic) bond motifs is 1. The van der Waals surface area contributed by atoms with Gasteiger partial charge in [0.15, 0.2) is 17.3 Å². The van der Waals surface area contributed by atoms with Gasteiger partial charge in [0, 0.05) is 12.1 Å². The lowest BCUT2D eigenvalue weighted by Gasteiger charge is -2.36. The van der Waals surface area contributed by atoms with Crippen LogP contribution in [-0.4, -0.2) is 78.8 Å². The summed E-state index contributed by atoms with van der Waals surface area (Å²) >= 11 is 0. The third-order valence-electron chi connectivity index (χ3n) is 5.26. The fourth-order valence-electron chi connectivity index (χ4n) is 3.57. The molecule has 1 unspecified atom stereocenters. The van der Waals surface area contributed by atoms with Gasteiger partial charge in [0.05, 0.1) is 25.3 Å². The van der Waals surface area contributed by atoms with E-state index >= 15 is 0 Å². The zero-order chi connectivity index (χ0) is 23.2. The Bertz CT molecular complexity index is 1050. The summed E-state index contributed by atoms with van der Waals surface area (Å²) < 4.78 is 20.6. The van der Waals surface area contributed by atoms with Crippen LogP contribution in [0.2, 0.25) is 0 Å². The molecule has 2 aliphatic rings. The lowest BCUT2D eigenvalue weighted by atomic mass is 10.00. The topological polar surface area (TPSA) is 182 Å². The van der Waals surface area contributed by atoms with Crippen molar-refractivity contribution in [3.63, 3.8) is 0 Å². The fourth-order valence-corrected chi connectivity index (χ4v) is 3.57. The molecule has 0 amide bonds. The molecule has 2 heterocycles. The first-order valence-electron chi connectivity index (χ1n) is 9.60. The van der Waals surface area contributed by atoms with E-state index in [9.17, 15) is 35.7 Å². The Balaban J connectivity index is 1.77. The summed E-state index contributed by atoms with van der Waals surface area (Å²) in [5, 5.41) is 70.0. The Hall–Kier alpha value is -3.38. The van der Waals surface area contributed by atoms with Crippen LogP contribution >= 0.6 is 0 Å². The molecule has 32 heavy (non-hydrogen) atoms. The van der Waals surface area contributed by atoms with Gasteiger partial charge in [-0.3, -0.25) is 0 Å². The van der Waals surface area contributed by atoms with Crippen LogP contribution in [-0.2, 0) is 9.47 Å². The van der Waals surface area contributed by atoms with E-state index in [1.165, 1.54) is 31.4 Å². The number of phenols is 4. The van der Waals surface area contributed by atoms with Crippen LogP contribution in [0.5, 0.6) is 34.5 Å². The normalized spacial score (nSPS) is 27.1. The van der Waals surface area contributed by atoms with E-state index in [2.05, 4.69) is 4.74 Å². The molecule has 0 radical (unpaired) electrons. The van der Waals surface area contributed by atoms with Crippen molar-refractivity contribution in [3.8, 4) is 34.5 Å². The van der Waals surface area contributed by atoms with Gasteiger partial charge in [-0.1, -0.05) is 0 Å². The van der Waals surface area contributed by atoms with Gasteiger partial charge in [-0.15, -0.1) is 0 Å². The van der Waals surface area contributed by atoms with Crippen LogP contribution in [0.4, 0.5) is 0 Å². The van der Waals surface area contributed by atoms with E-state index < -0.39 is 42.2 Å². The average Bonchev–Trinajstić information content (AvgIpc) is 2.75. The number of methoxy groups -OCH3 is 1. The van der Waals surface area contributed by atoms with Gasteiger partial charge in [0.2, 0.25) is 12.0 Å². The largest absolute Gasteiger partial charge is 0.571 e. The highest BCUT2D eigenvalue weighted by atomic mass is 16.7. The third kappa shape index (κ3) is 3.82. The molecular weight excluding hydrogens is 428 g/mol. The van der Waals surface area contributed by atoms with Gasteiger partial charge in [0.25, 0.3) is 11.9 Å². The van der Waals surface area contributed by atoms with Crippen LogP contribution in [0, 0.1) is 0 Å². The average molecular weight is 451 g/mol. The summed E-state index contributed by atoms with van der Waals surface area (Å²) in [6.07, 6.45) is -5.33. The highest BCUT2D eigenvalue weighted by Gasteiger charge is 2.42. The molecule has 172 valence electrons. The van der Waals surface area contributed by atoms with Crippen molar-refractivity contribution in [1.29, 1.82) is 0 Å². The maximum Gasteiger partial charge on any atom is 0.270 e. The lowest BCUT2D eigenvalue weighted by Crippen LogP contribution is -2.53. The number of phenolic OH excluding ortho intramolecular Hbond substituents is 4. The van der Waals surface area contributed by atoms with E-state index in [1.54, 1.807) is 0 Å². The Labute approximate surface area is 181 Å². The first kappa shape index (κ1) is 21.8. The van der Waals surface area contributed by atoms with Gasteiger partial charge in [-0.05, 0) is 12.1 Å². The predicted octanol–water partition coefficient (Wildman–Crippen LogP) is 0.310. The molecule has 0 bridgehead atoms. The molecule has 8 N–H and O–H groups in total. The number of aromatic hydroxyl groups is 5. The Kier molecular flexibility index (Phi) is 5.65. The summed E-state index contributed by atoms with van der Waals surface area (Å²) in [4.78, 5) is 0. The van der Waals surface area contributed by atoms with Crippen LogP contribution in [0.3, 0.4) is 0 Å². The molecule has 0 saturated carbocycles. The standard InChI is InChI=1S/C21H22O11/c1-29-15-3-8(2-12(24)17(15)26)20-16(32-21-19(28)18(27)13(25)7-30-21)6-10-11(23)4-9(22)5-14(10)31-20/h2-6,13,18-28H,7H2,1H3/p+1/t13-,18-,19+,20?,21+/m0/s1.